The van der Waals surface area contributed by atoms with Crippen LogP contribution in [-0.2, 0) is 11.3 Å². The number of rotatable bonds is 6. The lowest BCUT2D eigenvalue weighted by Crippen LogP contribution is -2.35. The quantitative estimate of drug-likeness (QED) is 0.679. The monoisotopic (exact) mass is 240 g/mol. The zero-order valence-electron chi connectivity index (χ0n) is 9.60. The fourth-order valence-electron chi connectivity index (χ4n) is 1.37. The van der Waals surface area contributed by atoms with E-state index < -0.39 is 17.9 Å². The van der Waals surface area contributed by atoms with E-state index in [0.717, 1.165) is 0 Å². The molecule has 6 nitrogen and oxygen atoms in total. The van der Waals surface area contributed by atoms with E-state index >= 15 is 0 Å². The van der Waals surface area contributed by atoms with Crippen LogP contribution in [0.15, 0.2) is 16.5 Å². The molecule has 0 radical (unpaired) electrons. The lowest BCUT2D eigenvalue weighted by atomic mass is 10.1. The van der Waals surface area contributed by atoms with Crippen LogP contribution in [0.25, 0.3) is 0 Å². The Bertz CT molecular complexity index is 400. The van der Waals surface area contributed by atoms with Crippen LogP contribution in [0.1, 0.15) is 36.1 Å². The number of aliphatic carboxylic acids is 1. The molecule has 4 N–H and O–H groups in total. The van der Waals surface area contributed by atoms with Crippen LogP contribution in [0.4, 0.5) is 0 Å². The van der Waals surface area contributed by atoms with Gasteiger partial charge in [0.15, 0.2) is 5.76 Å². The Morgan fingerprint density at radius 2 is 2.24 bits per heavy atom. The van der Waals surface area contributed by atoms with E-state index in [9.17, 15) is 9.59 Å². The summed E-state index contributed by atoms with van der Waals surface area (Å²) in [4.78, 5) is 22.2. The highest BCUT2D eigenvalue weighted by Gasteiger charge is 2.17. The lowest BCUT2D eigenvalue weighted by Gasteiger charge is -2.13. The fourth-order valence-corrected chi connectivity index (χ4v) is 1.37. The molecular formula is C11H16N2O4. The molecule has 0 aromatic carbocycles. The Hall–Kier alpha value is -1.82. The first-order valence-electron chi connectivity index (χ1n) is 5.38. The summed E-state index contributed by atoms with van der Waals surface area (Å²) in [6.45, 7) is 2.03. The third-order valence-electron chi connectivity index (χ3n) is 2.34. The number of carboxylic acid groups (broad SMARTS) is 1. The maximum atomic E-state index is 11.7. The highest BCUT2D eigenvalue weighted by atomic mass is 16.4. The summed E-state index contributed by atoms with van der Waals surface area (Å²) < 4.78 is 5.16. The average molecular weight is 240 g/mol. The van der Waals surface area contributed by atoms with Gasteiger partial charge in [-0.3, -0.25) is 9.59 Å². The normalized spacial score (nSPS) is 12.1. The van der Waals surface area contributed by atoms with E-state index in [1.54, 1.807) is 13.0 Å². The molecule has 1 atom stereocenters. The van der Waals surface area contributed by atoms with Crippen LogP contribution in [0, 0.1) is 0 Å². The molecule has 17 heavy (non-hydrogen) atoms. The molecule has 1 aromatic rings. The molecule has 1 aromatic heterocycles. The number of amides is 1. The van der Waals surface area contributed by atoms with Crippen LogP contribution in [0.2, 0.25) is 0 Å². The van der Waals surface area contributed by atoms with Crippen molar-refractivity contribution in [2.24, 2.45) is 5.73 Å². The smallest absolute Gasteiger partial charge is 0.305 e. The second-order valence-corrected chi connectivity index (χ2v) is 3.65. The van der Waals surface area contributed by atoms with Crippen molar-refractivity contribution in [2.45, 2.75) is 32.4 Å². The summed E-state index contributed by atoms with van der Waals surface area (Å²) in [6, 6.07) is 2.74. The number of nitrogens with one attached hydrogen (secondary N) is 1. The second-order valence-electron chi connectivity index (χ2n) is 3.65. The van der Waals surface area contributed by atoms with E-state index in [2.05, 4.69) is 5.32 Å². The predicted molar refractivity (Wildman–Crippen MR) is 60.4 cm³/mol. The summed E-state index contributed by atoms with van der Waals surface area (Å²) in [5.74, 6) is -0.701. The third-order valence-corrected chi connectivity index (χ3v) is 2.34. The molecule has 1 unspecified atom stereocenters. The molecule has 0 spiro atoms. The Morgan fingerprint density at radius 1 is 1.53 bits per heavy atom. The number of hydrogen-bond acceptors (Lipinski definition) is 4. The van der Waals surface area contributed by atoms with Crippen molar-refractivity contribution < 1.29 is 19.1 Å². The van der Waals surface area contributed by atoms with Crippen molar-refractivity contribution in [1.29, 1.82) is 0 Å². The Kier molecular flexibility index (Phi) is 4.71. The van der Waals surface area contributed by atoms with Crippen LogP contribution < -0.4 is 11.1 Å². The lowest BCUT2D eigenvalue weighted by molar-refractivity contribution is -0.137. The first-order valence-corrected chi connectivity index (χ1v) is 5.38. The number of nitrogens with two attached hydrogens (primary N) is 1. The average Bonchev–Trinajstić information content (AvgIpc) is 2.75. The minimum Gasteiger partial charge on any atom is -0.481 e. The second kappa shape index (κ2) is 6.05. The zero-order valence-corrected chi connectivity index (χ0v) is 9.60. The van der Waals surface area contributed by atoms with Gasteiger partial charge in [-0.15, -0.1) is 0 Å². The van der Waals surface area contributed by atoms with Crippen molar-refractivity contribution in [1.82, 2.24) is 5.32 Å². The van der Waals surface area contributed by atoms with E-state index in [1.165, 1.54) is 6.07 Å². The van der Waals surface area contributed by atoms with Gasteiger partial charge in [-0.2, -0.15) is 0 Å². The van der Waals surface area contributed by atoms with Gasteiger partial charge in [0.1, 0.15) is 5.76 Å². The van der Waals surface area contributed by atoms with Crippen molar-refractivity contribution >= 4 is 11.9 Å². The molecule has 0 saturated heterocycles. The van der Waals surface area contributed by atoms with Crippen LogP contribution in [0.5, 0.6) is 0 Å². The molecule has 1 heterocycles. The maximum absolute atomic E-state index is 11.7. The van der Waals surface area contributed by atoms with Gasteiger partial charge >= 0.3 is 5.97 Å². The Labute approximate surface area is 98.8 Å². The highest BCUT2D eigenvalue weighted by Crippen LogP contribution is 2.08. The molecule has 0 aliphatic carbocycles. The molecule has 1 rings (SSSR count). The molecule has 0 aliphatic rings. The SMILES string of the molecule is CCC(CC(=O)O)NC(=O)c1ccc(CN)o1. The van der Waals surface area contributed by atoms with Crippen LogP contribution >= 0.6 is 0 Å². The van der Waals surface area contributed by atoms with Crippen LogP contribution in [0.3, 0.4) is 0 Å². The maximum Gasteiger partial charge on any atom is 0.305 e. The number of hydrogen-bond donors (Lipinski definition) is 3. The van der Waals surface area contributed by atoms with E-state index in [-0.39, 0.29) is 18.7 Å². The Morgan fingerprint density at radius 3 is 2.71 bits per heavy atom. The van der Waals surface area contributed by atoms with Gasteiger partial charge < -0.3 is 20.6 Å². The van der Waals surface area contributed by atoms with Gasteiger partial charge in [-0.1, -0.05) is 6.92 Å². The Balaban J connectivity index is 2.60. The fraction of sp³-hybridized carbons (Fsp3) is 0.455. The first kappa shape index (κ1) is 13.2. The first-order chi connectivity index (χ1) is 8.06. The van der Waals surface area contributed by atoms with Gasteiger partial charge in [0.25, 0.3) is 5.91 Å². The molecule has 0 aliphatic heterocycles. The highest BCUT2D eigenvalue weighted by molar-refractivity contribution is 5.91. The zero-order chi connectivity index (χ0) is 12.8. The number of carboxylic acids is 1. The van der Waals surface area contributed by atoms with Crippen molar-refractivity contribution in [3.63, 3.8) is 0 Å². The molecular weight excluding hydrogens is 224 g/mol. The largest absolute Gasteiger partial charge is 0.481 e. The summed E-state index contributed by atoms with van der Waals surface area (Å²) >= 11 is 0. The number of furan rings is 1. The van der Waals surface area contributed by atoms with Gasteiger partial charge in [-0.25, -0.2) is 0 Å². The third kappa shape index (κ3) is 3.92. The van der Waals surface area contributed by atoms with Gasteiger partial charge in [0, 0.05) is 6.04 Å². The van der Waals surface area contributed by atoms with Gasteiger partial charge in [0.2, 0.25) is 0 Å². The van der Waals surface area contributed by atoms with Crippen molar-refractivity contribution in [2.75, 3.05) is 0 Å². The molecule has 0 saturated carbocycles. The van der Waals surface area contributed by atoms with Gasteiger partial charge in [0.05, 0.1) is 13.0 Å². The van der Waals surface area contributed by atoms with E-state index in [1.807, 2.05) is 0 Å². The molecule has 0 fully saturated rings. The van der Waals surface area contributed by atoms with Crippen LogP contribution in [-0.4, -0.2) is 23.0 Å². The van der Waals surface area contributed by atoms with E-state index in [0.29, 0.717) is 12.2 Å². The summed E-state index contributed by atoms with van der Waals surface area (Å²) in [6.07, 6.45) is 0.440. The number of carbonyl (C=O) groups is 2. The predicted octanol–water partition coefficient (Wildman–Crippen LogP) is 0.721. The summed E-state index contributed by atoms with van der Waals surface area (Å²) in [5, 5.41) is 11.2. The van der Waals surface area contributed by atoms with Crippen molar-refractivity contribution in [3.8, 4) is 0 Å². The summed E-state index contributed by atoms with van der Waals surface area (Å²) in [5.41, 5.74) is 5.35. The summed E-state index contributed by atoms with van der Waals surface area (Å²) in [7, 11) is 0. The van der Waals surface area contributed by atoms with Crippen molar-refractivity contribution in [3.05, 3.63) is 23.7 Å². The number of carbonyl (C=O) groups excluding carboxylic acids is 1. The van der Waals surface area contributed by atoms with Gasteiger partial charge in [-0.05, 0) is 18.6 Å². The topological polar surface area (TPSA) is 106 Å². The standard InChI is InChI=1S/C11H16N2O4/c1-2-7(5-10(14)15)13-11(16)9-4-3-8(6-12)17-9/h3-4,7H,2,5-6,12H2,1H3,(H,13,16)(H,14,15). The molecule has 0 bridgehead atoms. The molecule has 6 heteroatoms. The molecule has 1 amide bonds. The minimum absolute atomic E-state index is 0.104. The van der Waals surface area contributed by atoms with E-state index in [4.69, 9.17) is 15.3 Å². The molecule has 94 valence electrons. The minimum atomic E-state index is -0.945.